The van der Waals surface area contributed by atoms with Crippen molar-refractivity contribution in [2.24, 2.45) is 5.92 Å². The Morgan fingerprint density at radius 2 is 2.12 bits per heavy atom. The minimum absolute atomic E-state index is 0.644. The summed E-state index contributed by atoms with van der Waals surface area (Å²) in [4.78, 5) is 0. The van der Waals surface area contributed by atoms with Crippen LogP contribution in [0, 0.1) is 5.92 Å². The van der Waals surface area contributed by atoms with Crippen LogP contribution in [0.3, 0.4) is 0 Å². The molecule has 0 atom stereocenters. The zero-order chi connectivity index (χ0) is 6.41. The molecule has 0 saturated carbocycles. The van der Waals surface area contributed by atoms with Gasteiger partial charge in [0.1, 0.15) is 0 Å². The van der Waals surface area contributed by atoms with E-state index in [2.05, 4.69) is 19.9 Å². The largest absolute Gasteiger partial charge is 0.381 e. The van der Waals surface area contributed by atoms with Crippen molar-refractivity contribution in [2.45, 2.75) is 13.8 Å². The highest BCUT2D eigenvalue weighted by Crippen LogP contribution is 1.91. The van der Waals surface area contributed by atoms with Crippen LogP contribution in [-0.2, 0) is 4.74 Å². The molecule has 0 N–H and O–H groups in total. The summed E-state index contributed by atoms with van der Waals surface area (Å²) in [5, 5.41) is 0. The van der Waals surface area contributed by atoms with Gasteiger partial charge < -0.3 is 4.74 Å². The number of hydrogen-bond donors (Lipinski definition) is 0. The second-order valence-electron chi connectivity index (χ2n) is 2.13. The van der Waals surface area contributed by atoms with Crippen LogP contribution in [0.4, 0.5) is 0 Å². The molecule has 0 aliphatic heterocycles. The van der Waals surface area contributed by atoms with E-state index >= 15 is 0 Å². The first-order valence-electron chi connectivity index (χ1n) is 2.93. The van der Waals surface area contributed by atoms with Gasteiger partial charge in [0, 0.05) is 7.11 Å². The predicted molar refractivity (Wildman–Crippen MR) is 35.9 cm³/mol. The molecule has 0 aromatic carbocycles. The van der Waals surface area contributed by atoms with Crippen molar-refractivity contribution in [3.63, 3.8) is 0 Å². The summed E-state index contributed by atoms with van der Waals surface area (Å²) in [5.41, 5.74) is 0. The van der Waals surface area contributed by atoms with E-state index in [4.69, 9.17) is 4.74 Å². The topological polar surface area (TPSA) is 9.23 Å². The van der Waals surface area contributed by atoms with Crippen molar-refractivity contribution in [3.05, 3.63) is 12.2 Å². The fourth-order valence-corrected chi connectivity index (χ4v) is 0.424. The van der Waals surface area contributed by atoms with Crippen LogP contribution in [-0.4, -0.2) is 13.7 Å². The fraction of sp³-hybridized carbons (Fsp3) is 0.714. The van der Waals surface area contributed by atoms with Crippen LogP contribution in [0.2, 0.25) is 0 Å². The number of methoxy groups -OCH3 is 1. The van der Waals surface area contributed by atoms with Crippen LogP contribution in [0.15, 0.2) is 12.2 Å². The molecule has 1 heteroatoms. The Hall–Kier alpha value is -0.300. The summed E-state index contributed by atoms with van der Waals surface area (Å²) in [6.07, 6.45) is 4.16. The minimum Gasteiger partial charge on any atom is -0.381 e. The second-order valence-corrected chi connectivity index (χ2v) is 2.13. The third-order valence-electron chi connectivity index (χ3n) is 0.784. The summed E-state index contributed by atoms with van der Waals surface area (Å²) in [5.74, 6) is 0.644. The normalized spacial score (nSPS) is 11.5. The van der Waals surface area contributed by atoms with Gasteiger partial charge in [-0.3, -0.25) is 0 Å². The average Bonchev–Trinajstić information content (AvgIpc) is 1.66. The molecule has 0 aliphatic rings. The molecule has 0 saturated heterocycles. The number of ether oxygens (including phenoxy) is 1. The molecule has 0 aliphatic carbocycles. The van der Waals surface area contributed by atoms with Gasteiger partial charge in [-0.05, 0) is 5.92 Å². The number of allylic oxidation sites excluding steroid dienone is 1. The van der Waals surface area contributed by atoms with Crippen molar-refractivity contribution in [2.75, 3.05) is 13.7 Å². The molecule has 0 aromatic rings. The molecule has 1 nitrogen and oxygen atoms in total. The van der Waals surface area contributed by atoms with Crippen molar-refractivity contribution in [1.82, 2.24) is 0 Å². The van der Waals surface area contributed by atoms with Crippen LogP contribution < -0.4 is 0 Å². The quantitative estimate of drug-likeness (QED) is 0.509. The molecule has 0 heterocycles. The van der Waals surface area contributed by atoms with Gasteiger partial charge in [0.2, 0.25) is 0 Å². The Morgan fingerprint density at radius 1 is 1.50 bits per heavy atom. The third kappa shape index (κ3) is 5.70. The Kier molecular flexibility index (Phi) is 4.67. The molecule has 0 aromatic heterocycles. The smallest absolute Gasteiger partial charge is 0.0643 e. The summed E-state index contributed by atoms with van der Waals surface area (Å²) in [6, 6.07) is 0. The molecule has 0 fully saturated rings. The van der Waals surface area contributed by atoms with Crippen LogP contribution in [0.25, 0.3) is 0 Å². The molecule has 0 bridgehead atoms. The summed E-state index contributed by atoms with van der Waals surface area (Å²) in [7, 11) is 1.70. The number of rotatable bonds is 3. The molecule has 0 unspecified atom stereocenters. The Balaban J connectivity index is 3.07. The lowest BCUT2D eigenvalue weighted by atomic mass is 10.2. The Bertz CT molecular complexity index is 64.8. The van der Waals surface area contributed by atoms with Gasteiger partial charge in [-0.25, -0.2) is 0 Å². The first kappa shape index (κ1) is 7.70. The minimum atomic E-state index is 0.644. The van der Waals surface area contributed by atoms with Crippen molar-refractivity contribution < 1.29 is 4.74 Å². The maximum atomic E-state index is 4.81. The maximum Gasteiger partial charge on any atom is 0.0643 e. The lowest BCUT2D eigenvalue weighted by molar-refractivity contribution is 0.233. The van der Waals surface area contributed by atoms with Crippen molar-refractivity contribution >= 4 is 0 Å². The highest BCUT2D eigenvalue weighted by Gasteiger charge is 1.80. The summed E-state index contributed by atoms with van der Waals surface area (Å²) < 4.78 is 4.81. The molecule has 0 rings (SSSR count). The molecule has 0 spiro atoms. The lowest BCUT2D eigenvalue weighted by Gasteiger charge is -1.91. The Labute approximate surface area is 51.4 Å². The standard InChI is InChI=1S/C7H14O/c1-7(2)5-4-6-8-3/h4-5,7H,6H2,1-3H3. The van der Waals surface area contributed by atoms with Gasteiger partial charge in [0.25, 0.3) is 0 Å². The first-order chi connectivity index (χ1) is 3.77. The van der Waals surface area contributed by atoms with Gasteiger partial charge in [0.15, 0.2) is 0 Å². The maximum absolute atomic E-state index is 4.81. The SMILES string of the molecule is COCC=CC(C)C. The van der Waals surface area contributed by atoms with Gasteiger partial charge in [0.05, 0.1) is 6.61 Å². The van der Waals surface area contributed by atoms with E-state index < -0.39 is 0 Å². The zero-order valence-electron chi connectivity index (χ0n) is 5.85. The summed E-state index contributed by atoms with van der Waals surface area (Å²) in [6.45, 7) is 5.02. The molecule has 48 valence electrons. The fourth-order valence-electron chi connectivity index (χ4n) is 0.424. The monoisotopic (exact) mass is 114 g/mol. The van der Waals surface area contributed by atoms with Gasteiger partial charge in [-0.1, -0.05) is 26.0 Å². The zero-order valence-corrected chi connectivity index (χ0v) is 5.85. The average molecular weight is 114 g/mol. The third-order valence-corrected chi connectivity index (χ3v) is 0.784. The van der Waals surface area contributed by atoms with E-state index in [1.54, 1.807) is 7.11 Å². The van der Waals surface area contributed by atoms with Crippen molar-refractivity contribution in [1.29, 1.82) is 0 Å². The molecule has 0 amide bonds. The molecule has 0 radical (unpaired) electrons. The van der Waals surface area contributed by atoms with E-state index in [0.717, 1.165) is 6.61 Å². The summed E-state index contributed by atoms with van der Waals surface area (Å²) >= 11 is 0. The molecular weight excluding hydrogens is 100 g/mol. The Morgan fingerprint density at radius 3 is 2.50 bits per heavy atom. The van der Waals surface area contributed by atoms with Gasteiger partial charge in [-0.15, -0.1) is 0 Å². The van der Waals surface area contributed by atoms with Crippen LogP contribution in [0.5, 0.6) is 0 Å². The van der Waals surface area contributed by atoms with E-state index in [0.29, 0.717) is 5.92 Å². The van der Waals surface area contributed by atoms with E-state index in [9.17, 15) is 0 Å². The van der Waals surface area contributed by atoms with Crippen molar-refractivity contribution in [3.8, 4) is 0 Å². The molecule has 8 heavy (non-hydrogen) atoms. The van der Waals surface area contributed by atoms with Gasteiger partial charge in [-0.2, -0.15) is 0 Å². The molecular formula is C7H14O. The first-order valence-corrected chi connectivity index (χ1v) is 2.93. The second kappa shape index (κ2) is 4.85. The predicted octanol–water partition coefficient (Wildman–Crippen LogP) is 1.85. The van der Waals surface area contributed by atoms with E-state index in [1.165, 1.54) is 0 Å². The van der Waals surface area contributed by atoms with E-state index in [1.807, 2.05) is 6.08 Å². The van der Waals surface area contributed by atoms with Crippen LogP contribution in [0.1, 0.15) is 13.8 Å². The van der Waals surface area contributed by atoms with Crippen LogP contribution >= 0.6 is 0 Å². The van der Waals surface area contributed by atoms with Gasteiger partial charge >= 0.3 is 0 Å². The van der Waals surface area contributed by atoms with E-state index in [-0.39, 0.29) is 0 Å². The lowest BCUT2D eigenvalue weighted by Crippen LogP contribution is -1.83. The highest BCUT2D eigenvalue weighted by atomic mass is 16.5. The number of hydrogen-bond acceptors (Lipinski definition) is 1. The highest BCUT2D eigenvalue weighted by molar-refractivity contribution is 4.83.